The first-order valence-electron chi connectivity index (χ1n) is 6.08. The minimum Gasteiger partial charge on any atom is -0.463 e. The number of carbonyl (C=O) groups is 1. The number of fused-ring (bicyclic) bond motifs is 1. The summed E-state index contributed by atoms with van der Waals surface area (Å²) < 4.78 is 7.12. The highest BCUT2D eigenvalue weighted by molar-refractivity contribution is 9.10. The number of carbonyl (C=O) groups excluding carboxylic acids is 1. The number of rotatable bonds is 3. The zero-order valence-corrected chi connectivity index (χ0v) is 13.4. The van der Waals surface area contributed by atoms with Crippen molar-refractivity contribution in [2.75, 3.05) is 5.01 Å². The number of anilines is 1. The monoisotopic (exact) mass is 363 g/mol. The van der Waals surface area contributed by atoms with E-state index in [4.69, 9.17) is 4.42 Å². The molecule has 0 unspecified atom stereocenters. The van der Waals surface area contributed by atoms with Gasteiger partial charge in [0.25, 0.3) is 0 Å². The van der Waals surface area contributed by atoms with Crippen LogP contribution < -0.4 is 5.01 Å². The predicted octanol–water partition coefficient (Wildman–Crippen LogP) is 4.04. The van der Waals surface area contributed by atoms with Crippen molar-refractivity contribution in [3.05, 3.63) is 46.8 Å². The van der Waals surface area contributed by atoms with Crippen LogP contribution in [0.2, 0.25) is 0 Å². The van der Waals surface area contributed by atoms with E-state index < -0.39 is 0 Å². The molecule has 7 heteroatoms. The lowest BCUT2D eigenvalue weighted by Crippen LogP contribution is -2.22. The Morgan fingerprint density at radius 1 is 1.48 bits per heavy atom. The van der Waals surface area contributed by atoms with E-state index in [1.54, 1.807) is 18.4 Å². The highest BCUT2D eigenvalue weighted by Crippen LogP contribution is 2.31. The number of nitrogens with zero attached hydrogens (tertiary/aromatic N) is 3. The molecule has 0 atom stereocenters. The van der Waals surface area contributed by atoms with E-state index in [-0.39, 0.29) is 5.91 Å². The van der Waals surface area contributed by atoms with Crippen LogP contribution in [0.5, 0.6) is 0 Å². The van der Waals surface area contributed by atoms with Gasteiger partial charge >= 0.3 is 0 Å². The van der Waals surface area contributed by atoms with Crippen molar-refractivity contribution in [1.82, 2.24) is 4.98 Å². The summed E-state index contributed by atoms with van der Waals surface area (Å²) in [7, 11) is 0. The maximum Gasteiger partial charge on any atom is 0.246 e. The van der Waals surface area contributed by atoms with Crippen LogP contribution in [-0.4, -0.2) is 17.1 Å². The topological polar surface area (TPSA) is 58.7 Å². The largest absolute Gasteiger partial charge is 0.463 e. The number of hydrogen-bond acceptors (Lipinski definition) is 5. The van der Waals surface area contributed by atoms with Crippen molar-refractivity contribution in [3.63, 3.8) is 0 Å². The number of aromatic nitrogens is 1. The number of benzene rings is 1. The van der Waals surface area contributed by atoms with Crippen LogP contribution in [0, 0.1) is 0 Å². The van der Waals surface area contributed by atoms with E-state index in [9.17, 15) is 4.79 Å². The summed E-state index contributed by atoms with van der Waals surface area (Å²) in [6.45, 7) is 1.45. The second-order valence-corrected chi connectivity index (χ2v) is 6.12. The Morgan fingerprint density at radius 2 is 2.33 bits per heavy atom. The summed E-state index contributed by atoms with van der Waals surface area (Å²) in [5, 5.41) is 5.95. The Hall–Kier alpha value is -1.99. The van der Waals surface area contributed by atoms with E-state index in [2.05, 4.69) is 26.0 Å². The van der Waals surface area contributed by atoms with Gasteiger partial charge in [0.2, 0.25) is 11.0 Å². The Kier molecular flexibility index (Phi) is 3.85. The molecule has 0 radical (unpaired) electrons. The smallest absolute Gasteiger partial charge is 0.246 e. The van der Waals surface area contributed by atoms with Crippen LogP contribution in [-0.2, 0) is 4.79 Å². The van der Waals surface area contributed by atoms with E-state index in [0.717, 1.165) is 14.7 Å². The lowest BCUT2D eigenvalue weighted by Gasteiger charge is -2.09. The molecule has 0 saturated heterocycles. The molecule has 3 rings (SSSR count). The maximum atomic E-state index is 11.8. The summed E-state index contributed by atoms with van der Waals surface area (Å²) in [6.07, 6.45) is 3.04. The Morgan fingerprint density at radius 3 is 3.05 bits per heavy atom. The summed E-state index contributed by atoms with van der Waals surface area (Å²) in [5.74, 6) is 0.362. The second kappa shape index (κ2) is 5.79. The van der Waals surface area contributed by atoms with Crippen molar-refractivity contribution in [3.8, 4) is 0 Å². The summed E-state index contributed by atoms with van der Waals surface area (Å²) in [6, 6.07) is 9.29. The minimum atomic E-state index is -0.212. The van der Waals surface area contributed by atoms with Gasteiger partial charge in [-0.25, -0.2) is 4.98 Å². The molecule has 1 amide bonds. The summed E-state index contributed by atoms with van der Waals surface area (Å²) in [4.78, 5) is 16.2. The van der Waals surface area contributed by atoms with Crippen LogP contribution in [0.25, 0.3) is 10.2 Å². The second-order valence-electron chi connectivity index (χ2n) is 4.20. The van der Waals surface area contributed by atoms with Gasteiger partial charge in [-0.2, -0.15) is 10.1 Å². The first-order valence-corrected chi connectivity index (χ1v) is 7.69. The van der Waals surface area contributed by atoms with Crippen LogP contribution in [0.1, 0.15) is 12.7 Å². The number of hydrogen-bond donors (Lipinski definition) is 0. The summed E-state index contributed by atoms with van der Waals surface area (Å²) in [5.41, 5.74) is 0.831. The highest BCUT2D eigenvalue weighted by atomic mass is 79.9. The Bertz CT molecular complexity index is 811. The van der Waals surface area contributed by atoms with Crippen LogP contribution in [0.15, 0.2) is 50.6 Å². The van der Waals surface area contributed by atoms with Crippen molar-refractivity contribution in [2.45, 2.75) is 6.92 Å². The van der Waals surface area contributed by atoms with Gasteiger partial charge in [0.15, 0.2) is 0 Å². The molecule has 0 aliphatic heterocycles. The third kappa shape index (κ3) is 3.03. The number of hydrazone groups is 1. The first kappa shape index (κ1) is 14.0. The number of halogens is 1. The number of amides is 1. The van der Waals surface area contributed by atoms with E-state index in [1.165, 1.54) is 29.5 Å². The third-order valence-electron chi connectivity index (χ3n) is 2.66. The quantitative estimate of drug-likeness (QED) is 0.521. The molecular weight excluding hydrogens is 354 g/mol. The zero-order valence-electron chi connectivity index (χ0n) is 11.0. The Balaban J connectivity index is 1.97. The summed E-state index contributed by atoms with van der Waals surface area (Å²) >= 11 is 4.83. The zero-order chi connectivity index (χ0) is 14.8. The normalized spacial score (nSPS) is 11.3. The van der Waals surface area contributed by atoms with Gasteiger partial charge < -0.3 is 4.42 Å². The minimum absolute atomic E-state index is 0.212. The molecule has 21 heavy (non-hydrogen) atoms. The molecule has 0 aliphatic rings. The third-order valence-corrected chi connectivity index (χ3v) is 4.15. The maximum absolute atomic E-state index is 11.8. The standard InChI is InChI=1S/C14H10BrN3O2S/c1-9(19)18(16-8-11-3-2-6-20-11)14-17-12-5-4-10(15)7-13(12)21-14/h2-8H,1H3/b16-8-. The number of thiazole rings is 1. The van der Waals surface area contributed by atoms with Crippen LogP contribution in [0.4, 0.5) is 5.13 Å². The molecule has 2 aromatic heterocycles. The van der Waals surface area contributed by atoms with Crippen molar-refractivity contribution in [1.29, 1.82) is 0 Å². The molecule has 3 aromatic rings. The van der Waals surface area contributed by atoms with Gasteiger partial charge in [-0.1, -0.05) is 27.3 Å². The van der Waals surface area contributed by atoms with Gasteiger partial charge in [-0.05, 0) is 30.3 Å². The SMILES string of the molecule is CC(=O)N(/N=C\c1ccco1)c1nc2ccc(Br)cc2s1. The fourth-order valence-corrected chi connectivity index (χ4v) is 3.24. The molecule has 0 fully saturated rings. The van der Waals surface area contributed by atoms with Gasteiger partial charge in [0, 0.05) is 11.4 Å². The fourth-order valence-electron chi connectivity index (χ4n) is 1.72. The average Bonchev–Trinajstić information content (AvgIpc) is 3.07. The van der Waals surface area contributed by atoms with Crippen molar-refractivity contribution >= 4 is 54.7 Å². The molecule has 0 N–H and O–H groups in total. The Labute approximate surface area is 133 Å². The molecule has 1 aromatic carbocycles. The van der Waals surface area contributed by atoms with Gasteiger partial charge in [-0.3, -0.25) is 4.79 Å². The number of furan rings is 1. The van der Waals surface area contributed by atoms with E-state index in [1.807, 2.05) is 18.2 Å². The van der Waals surface area contributed by atoms with Crippen molar-refractivity contribution < 1.29 is 9.21 Å². The first-order chi connectivity index (χ1) is 10.1. The van der Waals surface area contributed by atoms with Gasteiger partial charge in [0.05, 0.1) is 22.7 Å². The fraction of sp³-hybridized carbons (Fsp3) is 0.0714. The lowest BCUT2D eigenvalue weighted by atomic mass is 10.3. The molecular formula is C14H10BrN3O2S. The van der Waals surface area contributed by atoms with E-state index >= 15 is 0 Å². The molecule has 2 heterocycles. The van der Waals surface area contributed by atoms with Crippen molar-refractivity contribution in [2.24, 2.45) is 5.10 Å². The van der Waals surface area contributed by atoms with Crippen LogP contribution in [0.3, 0.4) is 0 Å². The van der Waals surface area contributed by atoms with Crippen LogP contribution >= 0.6 is 27.3 Å². The van der Waals surface area contributed by atoms with Gasteiger partial charge in [-0.15, -0.1) is 0 Å². The molecule has 5 nitrogen and oxygen atoms in total. The predicted molar refractivity (Wildman–Crippen MR) is 86.8 cm³/mol. The average molecular weight is 364 g/mol. The molecule has 106 valence electrons. The lowest BCUT2D eigenvalue weighted by molar-refractivity contribution is -0.116. The molecule has 0 bridgehead atoms. The molecule has 0 aliphatic carbocycles. The highest BCUT2D eigenvalue weighted by Gasteiger charge is 2.15. The van der Waals surface area contributed by atoms with Gasteiger partial charge in [0.1, 0.15) is 5.76 Å². The molecule has 0 saturated carbocycles. The van der Waals surface area contributed by atoms with E-state index in [0.29, 0.717) is 10.9 Å². The molecule has 0 spiro atoms.